The van der Waals surface area contributed by atoms with Crippen LogP contribution in [0.4, 0.5) is 0 Å². The summed E-state index contributed by atoms with van der Waals surface area (Å²) in [6.45, 7) is 2.58. The van der Waals surface area contributed by atoms with Gasteiger partial charge in [0, 0.05) is 19.4 Å². The summed E-state index contributed by atoms with van der Waals surface area (Å²) in [7, 11) is 0. The van der Waals surface area contributed by atoms with Gasteiger partial charge in [-0.15, -0.1) is 11.8 Å². The van der Waals surface area contributed by atoms with Gasteiger partial charge >= 0.3 is 0 Å². The van der Waals surface area contributed by atoms with Crippen LogP contribution in [0.5, 0.6) is 0 Å². The maximum Gasteiger partial charge on any atom is 0.0431 e. The normalized spacial score (nSPS) is 9.88. The summed E-state index contributed by atoms with van der Waals surface area (Å²) in [4.78, 5) is 0. The molecule has 0 aliphatic rings. The highest BCUT2D eigenvalue weighted by atomic mass is 16.2. The molecule has 0 saturated carbocycles. The standard InChI is InChI=1S/C15H28O/c1-2-3-4-5-6-7-8-9-10-11-12-13-14-15-16/h16H,2-6,9-15H2,1H3. The number of aliphatic hydroxyl groups excluding tert-OH is 1. The Morgan fingerprint density at radius 3 is 1.75 bits per heavy atom. The summed E-state index contributed by atoms with van der Waals surface area (Å²) in [6, 6.07) is 0. The van der Waals surface area contributed by atoms with E-state index in [9.17, 15) is 0 Å². The number of hydrogen-bond acceptors (Lipinski definition) is 1. The van der Waals surface area contributed by atoms with Crippen molar-refractivity contribution in [3.63, 3.8) is 0 Å². The van der Waals surface area contributed by atoms with Gasteiger partial charge in [-0.1, -0.05) is 45.4 Å². The first kappa shape index (κ1) is 15.5. The molecule has 0 atom stereocenters. The lowest BCUT2D eigenvalue weighted by Gasteiger charge is -1.96. The van der Waals surface area contributed by atoms with Crippen molar-refractivity contribution in [1.82, 2.24) is 0 Å². The van der Waals surface area contributed by atoms with Crippen molar-refractivity contribution in [2.45, 2.75) is 77.6 Å². The fourth-order valence-corrected chi connectivity index (χ4v) is 1.67. The second-order valence-electron chi connectivity index (χ2n) is 4.41. The first-order valence-electron chi connectivity index (χ1n) is 6.98. The minimum atomic E-state index is 0.345. The van der Waals surface area contributed by atoms with E-state index in [1.807, 2.05) is 0 Å². The zero-order chi connectivity index (χ0) is 11.9. The van der Waals surface area contributed by atoms with Gasteiger partial charge in [-0.25, -0.2) is 0 Å². The molecule has 0 heterocycles. The largest absolute Gasteiger partial charge is 0.396 e. The summed E-state index contributed by atoms with van der Waals surface area (Å²) >= 11 is 0. The molecule has 0 fully saturated rings. The Morgan fingerprint density at radius 2 is 1.19 bits per heavy atom. The molecule has 0 aromatic carbocycles. The predicted molar refractivity (Wildman–Crippen MR) is 71.3 cm³/mol. The van der Waals surface area contributed by atoms with Gasteiger partial charge in [0.15, 0.2) is 0 Å². The van der Waals surface area contributed by atoms with E-state index in [4.69, 9.17) is 5.11 Å². The number of aliphatic hydroxyl groups is 1. The van der Waals surface area contributed by atoms with E-state index in [0.29, 0.717) is 6.61 Å². The molecule has 1 heteroatoms. The smallest absolute Gasteiger partial charge is 0.0431 e. The van der Waals surface area contributed by atoms with Crippen LogP contribution in [0.1, 0.15) is 77.6 Å². The number of hydrogen-bond donors (Lipinski definition) is 1. The Labute approximate surface area is 102 Å². The van der Waals surface area contributed by atoms with Crippen molar-refractivity contribution in [3.8, 4) is 11.8 Å². The summed E-state index contributed by atoms with van der Waals surface area (Å²) < 4.78 is 0. The van der Waals surface area contributed by atoms with Crippen LogP contribution < -0.4 is 0 Å². The third-order valence-electron chi connectivity index (χ3n) is 2.74. The molecule has 0 unspecified atom stereocenters. The van der Waals surface area contributed by atoms with Gasteiger partial charge in [-0.05, 0) is 19.3 Å². The van der Waals surface area contributed by atoms with Crippen molar-refractivity contribution < 1.29 is 5.11 Å². The molecule has 94 valence electrons. The van der Waals surface area contributed by atoms with Crippen molar-refractivity contribution in [1.29, 1.82) is 0 Å². The molecule has 1 N–H and O–H groups in total. The van der Waals surface area contributed by atoms with Gasteiger partial charge < -0.3 is 5.11 Å². The fourth-order valence-electron chi connectivity index (χ4n) is 1.67. The summed E-state index contributed by atoms with van der Waals surface area (Å²) in [6.07, 6.45) is 13.3. The van der Waals surface area contributed by atoms with Crippen molar-refractivity contribution >= 4 is 0 Å². The van der Waals surface area contributed by atoms with Gasteiger partial charge in [-0.3, -0.25) is 0 Å². The average molecular weight is 224 g/mol. The first-order valence-corrected chi connectivity index (χ1v) is 6.98. The van der Waals surface area contributed by atoms with Crippen LogP contribution in [0.3, 0.4) is 0 Å². The topological polar surface area (TPSA) is 20.2 Å². The lowest BCUT2D eigenvalue weighted by atomic mass is 10.1. The molecule has 0 rings (SSSR count). The second-order valence-corrected chi connectivity index (χ2v) is 4.41. The molecule has 1 nitrogen and oxygen atoms in total. The number of unbranched alkanes of at least 4 members (excludes halogenated alkanes) is 9. The third kappa shape index (κ3) is 13.5. The van der Waals surface area contributed by atoms with Crippen LogP contribution in [0.15, 0.2) is 0 Å². The monoisotopic (exact) mass is 224 g/mol. The molecule has 16 heavy (non-hydrogen) atoms. The van der Waals surface area contributed by atoms with E-state index < -0.39 is 0 Å². The van der Waals surface area contributed by atoms with E-state index in [2.05, 4.69) is 18.8 Å². The Kier molecular flexibility index (Phi) is 14.1. The van der Waals surface area contributed by atoms with Gasteiger partial charge in [-0.2, -0.15) is 0 Å². The van der Waals surface area contributed by atoms with Crippen LogP contribution in [0.25, 0.3) is 0 Å². The van der Waals surface area contributed by atoms with E-state index in [0.717, 1.165) is 19.3 Å². The molecule has 0 bridgehead atoms. The first-order chi connectivity index (χ1) is 7.91. The molecule has 0 aromatic heterocycles. The lowest BCUT2D eigenvalue weighted by Crippen LogP contribution is -1.83. The van der Waals surface area contributed by atoms with E-state index in [-0.39, 0.29) is 0 Å². The van der Waals surface area contributed by atoms with Gasteiger partial charge in [0.2, 0.25) is 0 Å². The van der Waals surface area contributed by atoms with Crippen molar-refractivity contribution in [3.05, 3.63) is 0 Å². The molecule has 0 radical (unpaired) electrons. The molecule has 0 saturated heterocycles. The highest BCUT2D eigenvalue weighted by Crippen LogP contribution is 2.05. The highest BCUT2D eigenvalue weighted by molar-refractivity contribution is 4.98. The summed E-state index contributed by atoms with van der Waals surface area (Å²) in [5, 5.41) is 8.61. The molecule has 0 spiro atoms. The van der Waals surface area contributed by atoms with Gasteiger partial charge in [0.1, 0.15) is 0 Å². The minimum absolute atomic E-state index is 0.345. The lowest BCUT2D eigenvalue weighted by molar-refractivity contribution is 0.282. The Balaban J connectivity index is 3.03. The Hall–Kier alpha value is -0.480. The van der Waals surface area contributed by atoms with Crippen molar-refractivity contribution in [2.24, 2.45) is 0 Å². The van der Waals surface area contributed by atoms with E-state index in [1.54, 1.807) is 0 Å². The van der Waals surface area contributed by atoms with Crippen LogP contribution in [0.2, 0.25) is 0 Å². The van der Waals surface area contributed by atoms with Gasteiger partial charge in [0.05, 0.1) is 0 Å². The van der Waals surface area contributed by atoms with Crippen molar-refractivity contribution in [2.75, 3.05) is 6.61 Å². The predicted octanol–water partition coefficient (Wildman–Crippen LogP) is 4.29. The fraction of sp³-hybridized carbons (Fsp3) is 0.867. The minimum Gasteiger partial charge on any atom is -0.396 e. The highest BCUT2D eigenvalue weighted by Gasteiger charge is 1.88. The quantitative estimate of drug-likeness (QED) is 0.433. The van der Waals surface area contributed by atoms with Crippen LogP contribution in [-0.2, 0) is 0 Å². The molecule has 0 aliphatic heterocycles. The van der Waals surface area contributed by atoms with Crippen LogP contribution in [-0.4, -0.2) is 11.7 Å². The summed E-state index contributed by atoms with van der Waals surface area (Å²) in [5.41, 5.74) is 0. The Morgan fingerprint density at radius 1 is 0.688 bits per heavy atom. The molecular formula is C15H28O. The maximum absolute atomic E-state index is 8.61. The van der Waals surface area contributed by atoms with Gasteiger partial charge in [0.25, 0.3) is 0 Å². The zero-order valence-corrected chi connectivity index (χ0v) is 10.9. The molecule has 0 aromatic rings. The van der Waals surface area contributed by atoms with E-state index in [1.165, 1.54) is 51.4 Å². The Bertz CT molecular complexity index is 176. The number of rotatable bonds is 10. The third-order valence-corrected chi connectivity index (χ3v) is 2.74. The average Bonchev–Trinajstić information content (AvgIpc) is 2.31. The van der Waals surface area contributed by atoms with Crippen LogP contribution >= 0.6 is 0 Å². The zero-order valence-electron chi connectivity index (χ0n) is 10.9. The molecular weight excluding hydrogens is 196 g/mol. The van der Waals surface area contributed by atoms with Crippen LogP contribution in [0, 0.1) is 11.8 Å². The second kappa shape index (κ2) is 14.5. The molecule has 0 aliphatic carbocycles. The summed E-state index contributed by atoms with van der Waals surface area (Å²) in [5.74, 6) is 6.51. The van der Waals surface area contributed by atoms with E-state index >= 15 is 0 Å². The maximum atomic E-state index is 8.61. The SMILES string of the molecule is CCCCCCC#CCCCCCCCO. The molecule has 0 amide bonds.